The van der Waals surface area contributed by atoms with E-state index in [9.17, 15) is 9.00 Å². The number of thiophene rings is 1. The molecule has 0 saturated heterocycles. The summed E-state index contributed by atoms with van der Waals surface area (Å²) >= 11 is 7.34. The lowest BCUT2D eigenvalue weighted by molar-refractivity contribution is 0.0606. The van der Waals surface area contributed by atoms with E-state index in [1.165, 1.54) is 18.4 Å². The minimum absolute atomic E-state index is 0.342. The Labute approximate surface area is 128 Å². The molecule has 5 nitrogen and oxygen atoms in total. The molecule has 0 aliphatic carbocycles. The second-order valence-corrected chi connectivity index (χ2v) is 8.40. The summed E-state index contributed by atoms with van der Waals surface area (Å²) < 4.78 is 16.3. The van der Waals surface area contributed by atoms with Crippen molar-refractivity contribution in [2.24, 2.45) is 10.7 Å². The molecule has 0 saturated carbocycles. The minimum Gasteiger partial charge on any atom is -0.465 e. The molecular formula is C12H15ClN2O3S2. The van der Waals surface area contributed by atoms with Gasteiger partial charge in [-0.3, -0.25) is 9.20 Å². The summed E-state index contributed by atoms with van der Waals surface area (Å²) in [5, 5.41) is 0.425. The van der Waals surface area contributed by atoms with Crippen molar-refractivity contribution in [2.75, 3.05) is 12.9 Å². The van der Waals surface area contributed by atoms with Gasteiger partial charge < -0.3 is 10.5 Å². The van der Waals surface area contributed by atoms with E-state index >= 15 is 0 Å². The Hall–Kier alpha value is -0.920. The summed E-state index contributed by atoms with van der Waals surface area (Å²) in [5.74, 6) is 0.239. The number of carbonyl (C=O) groups is 1. The first-order valence-electron chi connectivity index (χ1n) is 5.87. The number of amidine groups is 1. The van der Waals surface area contributed by atoms with Gasteiger partial charge in [-0.25, -0.2) is 4.79 Å². The van der Waals surface area contributed by atoms with Gasteiger partial charge in [0.2, 0.25) is 0 Å². The van der Waals surface area contributed by atoms with Crippen molar-refractivity contribution < 1.29 is 13.7 Å². The number of aliphatic imine (C=N–C) groups is 1. The molecule has 0 bridgehead atoms. The van der Waals surface area contributed by atoms with Crippen molar-refractivity contribution >= 4 is 45.5 Å². The quantitative estimate of drug-likeness (QED) is 0.840. The highest BCUT2D eigenvalue weighted by atomic mass is 35.5. The summed E-state index contributed by atoms with van der Waals surface area (Å²) in [4.78, 5) is 17.0. The Balaban J connectivity index is 2.39. The van der Waals surface area contributed by atoms with Crippen LogP contribution in [0.15, 0.2) is 11.1 Å². The number of halogens is 1. The van der Waals surface area contributed by atoms with Crippen LogP contribution in [-0.2, 0) is 15.5 Å². The number of esters is 1. The van der Waals surface area contributed by atoms with Crippen molar-refractivity contribution in [2.45, 2.75) is 24.6 Å². The largest absolute Gasteiger partial charge is 0.465 e. The normalized spacial score (nSPS) is 25.1. The number of carbonyl (C=O) groups excluding carboxylic acids is 1. The molecule has 1 aliphatic rings. The van der Waals surface area contributed by atoms with E-state index in [-0.39, 0.29) is 6.04 Å². The highest BCUT2D eigenvalue weighted by molar-refractivity contribution is 7.87. The first-order valence-corrected chi connectivity index (χ1v) is 8.38. The van der Waals surface area contributed by atoms with Gasteiger partial charge in [0.05, 0.1) is 28.7 Å². The van der Waals surface area contributed by atoms with Crippen LogP contribution >= 0.6 is 22.9 Å². The predicted molar refractivity (Wildman–Crippen MR) is 82.1 cm³/mol. The van der Waals surface area contributed by atoms with Crippen LogP contribution in [0.5, 0.6) is 0 Å². The lowest BCUT2D eigenvalue weighted by Crippen LogP contribution is -2.47. The van der Waals surface area contributed by atoms with Gasteiger partial charge in [-0.15, -0.1) is 11.3 Å². The highest BCUT2D eigenvalue weighted by Gasteiger charge is 2.38. The highest BCUT2D eigenvalue weighted by Crippen LogP contribution is 2.38. The molecular weight excluding hydrogens is 320 g/mol. The third-order valence-electron chi connectivity index (χ3n) is 3.19. The second-order valence-electron chi connectivity index (χ2n) is 4.87. The molecule has 2 unspecified atom stereocenters. The van der Waals surface area contributed by atoms with Crippen LogP contribution in [0.2, 0.25) is 5.02 Å². The molecule has 0 spiro atoms. The molecule has 1 aromatic heterocycles. The molecule has 110 valence electrons. The third-order valence-corrected chi connectivity index (χ3v) is 6.80. The van der Waals surface area contributed by atoms with Crippen LogP contribution < -0.4 is 5.73 Å². The van der Waals surface area contributed by atoms with E-state index in [4.69, 9.17) is 17.3 Å². The van der Waals surface area contributed by atoms with E-state index in [0.29, 0.717) is 26.4 Å². The van der Waals surface area contributed by atoms with Crippen LogP contribution in [0, 0.1) is 0 Å². The summed E-state index contributed by atoms with van der Waals surface area (Å²) in [6.07, 6.45) is 0. The molecule has 20 heavy (non-hydrogen) atoms. The first-order chi connectivity index (χ1) is 9.27. The Kier molecular flexibility index (Phi) is 4.22. The maximum absolute atomic E-state index is 12.2. The van der Waals surface area contributed by atoms with E-state index in [1.807, 2.05) is 0 Å². The summed E-state index contributed by atoms with van der Waals surface area (Å²) in [7, 11) is 0.163. The molecule has 1 aliphatic heterocycles. The molecule has 8 heteroatoms. The van der Waals surface area contributed by atoms with Gasteiger partial charge in [0.1, 0.15) is 10.7 Å². The van der Waals surface area contributed by atoms with E-state index in [2.05, 4.69) is 9.73 Å². The van der Waals surface area contributed by atoms with Gasteiger partial charge >= 0.3 is 5.97 Å². The van der Waals surface area contributed by atoms with Gasteiger partial charge in [0.15, 0.2) is 0 Å². The second kappa shape index (κ2) is 5.46. The van der Waals surface area contributed by atoms with Crippen LogP contribution in [0.1, 0.15) is 34.4 Å². The monoisotopic (exact) mass is 334 g/mol. The van der Waals surface area contributed by atoms with Crippen molar-refractivity contribution in [3.05, 3.63) is 20.8 Å². The van der Waals surface area contributed by atoms with Gasteiger partial charge in [0.25, 0.3) is 0 Å². The Morgan fingerprint density at radius 3 is 2.85 bits per heavy atom. The van der Waals surface area contributed by atoms with Crippen LogP contribution in [0.3, 0.4) is 0 Å². The molecule has 0 radical (unpaired) electrons. The lowest BCUT2D eigenvalue weighted by atomic mass is 10.1. The van der Waals surface area contributed by atoms with Gasteiger partial charge in [-0.1, -0.05) is 11.6 Å². The number of rotatable bonds is 2. The van der Waals surface area contributed by atoms with Crippen molar-refractivity contribution in [1.29, 1.82) is 0 Å². The number of hydrogen-bond donors (Lipinski definition) is 1. The minimum atomic E-state index is -1.15. The molecule has 1 aromatic rings. The maximum atomic E-state index is 12.2. The number of nitrogens with two attached hydrogens (primary N) is 1. The number of methoxy groups -OCH3 is 1. The summed E-state index contributed by atoms with van der Waals surface area (Å²) in [6, 6.07) is 1.17. The topological polar surface area (TPSA) is 81.8 Å². The number of ether oxygens (including phenoxy) is 1. The molecule has 0 fully saturated rings. The zero-order valence-corrected chi connectivity index (χ0v) is 13.7. The average molecular weight is 335 g/mol. The zero-order chi connectivity index (χ0) is 15.1. The van der Waals surface area contributed by atoms with E-state index in [1.54, 1.807) is 19.9 Å². The smallest absolute Gasteiger partial charge is 0.348 e. The number of hydrogen-bond acceptors (Lipinski definition) is 6. The lowest BCUT2D eigenvalue weighted by Gasteiger charge is -2.30. The Bertz CT molecular complexity index is 610. The van der Waals surface area contributed by atoms with Crippen LogP contribution in [0.25, 0.3) is 0 Å². The average Bonchev–Trinajstić information content (AvgIpc) is 2.77. The predicted octanol–water partition coefficient (Wildman–Crippen LogP) is 2.13. The van der Waals surface area contributed by atoms with Crippen molar-refractivity contribution in [3.63, 3.8) is 0 Å². The Morgan fingerprint density at radius 2 is 2.30 bits per heavy atom. The zero-order valence-electron chi connectivity index (χ0n) is 11.3. The standard InChI is InChI=1S/C12H15ClN2O3S2/c1-12(2)11(14)15-7(5-20(12)17)9-6(13)4-8(19-9)10(16)18-3/h4,7H,5H2,1-3H3,(H2,14,15). The molecule has 0 aromatic carbocycles. The maximum Gasteiger partial charge on any atom is 0.348 e. The first kappa shape index (κ1) is 15.5. The molecule has 0 amide bonds. The molecule has 2 heterocycles. The molecule has 2 rings (SSSR count). The fraction of sp³-hybridized carbons (Fsp3) is 0.500. The van der Waals surface area contributed by atoms with E-state index < -0.39 is 21.5 Å². The SMILES string of the molecule is COC(=O)c1cc(Cl)c(C2CS(=O)C(C)(C)C(N)=N2)s1. The third kappa shape index (κ3) is 2.62. The van der Waals surface area contributed by atoms with Crippen molar-refractivity contribution in [1.82, 2.24) is 0 Å². The summed E-state index contributed by atoms with van der Waals surface area (Å²) in [6.45, 7) is 3.60. The van der Waals surface area contributed by atoms with E-state index in [0.717, 1.165) is 0 Å². The van der Waals surface area contributed by atoms with Crippen LogP contribution in [-0.4, -0.2) is 33.6 Å². The molecule has 2 atom stereocenters. The van der Waals surface area contributed by atoms with Gasteiger partial charge in [0, 0.05) is 15.7 Å². The fourth-order valence-corrected chi connectivity index (χ4v) is 4.53. The fourth-order valence-electron chi connectivity index (χ4n) is 1.77. The summed E-state index contributed by atoms with van der Waals surface area (Å²) in [5.41, 5.74) is 5.90. The molecule has 2 N–H and O–H groups in total. The number of nitrogens with zero attached hydrogens (tertiary/aromatic N) is 1. The van der Waals surface area contributed by atoms with Crippen molar-refractivity contribution in [3.8, 4) is 0 Å². The van der Waals surface area contributed by atoms with Gasteiger partial charge in [-0.2, -0.15) is 0 Å². The van der Waals surface area contributed by atoms with Gasteiger partial charge in [-0.05, 0) is 19.9 Å². The van der Waals surface area contributed by atoms with Crippen LogP contribution in [0.4, 0.5) is 0 Å². The Morgan fingerprint density at radius 1 is 1.65 bits per heavy atom.